The Kier molecular flexibility index (Phi) is 7.06. The molecule has 8 nitrogen and oxygen atoms in total. The van der Waals surface area contributed by atoms with E-state index >= 15 is 0 Å². The number of aryl methyl sites for hydroxylation is 1. The van der Waals surface area contributed by atoms with E-state index in [0.717, 1.165) is 15.4 Å². The normalized spacial score (nSPS) is 13.8. The van der Waals surface area contributed by atoms with Gasteiger partial charge in [-0.3, -0.25) is 13.8 Å². The van der Waals surface area contributed by atoms with Gasteiger partial charge >= 0.3 is 0 Å². The average Bonchev–Trinajstić information content (AvgIpc) is 2.86. The fourth-order valence-corrected chi connectivity index (χ4v) is 7.51. The van der Waals surface area contributed by atoms with Crippen LogP contribution in [-0.2, 0) is 24.8 Å². The number of benzene rings is 4. The van der Waals surface area contributed by atoms with E-state index in [-0.39, 0.29) is 25.5 Å². The second-order valence-electron chi connectivity index (χ2n) is 8.86. The summed E-state index contributed by atoms with van der Waals surface area (Å²) in [6, 6.07) is 21.8. The number of rotatable bonds is 6. The van der Waals surface area contributed by atoms with Gasteiger partial charge < -0.3 is 5.32 Å². The van der Waals surface area contributed by atoms with Gasteiger partial charge in [0.1, 0.15) is 6.54 Å². The molecule has 1 aliphatic heterocycles. The molecule has 0 radical (unpaired) electrons. The Balaban J connectivity index is 1.35. The maximum Gasteiger partial charge on any atom is 0.265 e. The summed E-state index contributed by atoms with van der Waals surface area (Å²) in [6.07, 6.45) is 0. The van der Waals surface area contributed by atoms with Crippen molar-refractivity contribution in [2.24, 2.45) is 0 Å². The third kappa shape index (κ3) is 5.46. The molecule has 1 aliphatic rings. The molecule has 1 amide bonds. The quantitative estimate of drug-likeness (QED) is 0.285. The average molecular weight is 603 g/mol. The van der Waals surface area contributed by atoms with E-state index in [0.29, 0.717) is 16.9 Å². The molecule has 4 aromatic carbocycles. The number of hydrogen-bond acceptors (Lipinski definition) is 5. The van der Waals surface area contributed by atoms with Crippen molar-refractivity contribution in [2.75, 3.05) is 20.9 Å². The third-order valence-electron chi connectivity index (χ3n) is 6.02. The molecule has 12 heteroatoms. The molecule has 5 rings (SSSR count). The number of fused-ring (bicyclic) bond motifs is 3. The number of sulfonamides is 2. The van der Waals surface area contributed by atoms with E-state index in [1.807, 2.05) is 13.0 Å². The lowest BCUT2D eigenvalue weighted by Gasteiger charge is -2.31. The number of hydrogen-bond donors (Lipinski definition) is 2. The van der Waals surface area contributed by atoms with Gasteiger partial charge in [-0.1, -0.05) is 53.0 Å². The fourth-order valence-electron chi connectivity index (χ4n) is 4.29. The van der Waals surface area contributed by atoms with E-state index in [1.54, 1.807) is 30.3 Å². The van der Waals surface area contributed by atoms with E-state index < -0.39 is 32.5 Å². The fraction of sp³-hybridized carbons (Fsp3) is 0.0741. The van der Waals surface area contributed by atoms with Crippen LogP contribution in [0, 0.1) is 6.92 Å². The summed E-state index contributed by atoms with van der Waals surface area (Å²) in [4.78, 5) is 13.0. The van der Waals surface area contributed by atoms with Gasteiger partial charge in [-0.2, -0.15) is 0 Å². The molecule has 1 heterocycles. The minimum Gasteiger partial charge on any atom is -0.325 e. The highest BCUT2D eigenvalue weighted by atomic mass is 35.5. The highest BCUT2D eigenvalue weighted by molar-refractivity contribution is 7.93. The highest BCUT2D eigenvalue weighted by Gasteiger charge is 2.35. The van der Waals surface area contributed by atoms with Gasteiger partial charge in [0.25, 0.3) is 20.0 Å². The molecule has 0 bridgehead atoms. The maximum absolute atomic E-state index is 13.4. The van der Waals surface area contributed by atoms with Gasteiger partial charge in [-0.05, 0) is 67.6 Å². The minimum absolute atomic E-state index is 0.0592. The lowest BCUT2D eigenvalue weighted by molar-refractivity contribution is -0.114. The van der Waals surface area contributed by atoms with Gasteiger partial charge in [0.15, 0.2) is 0 Å². The standard InChI is InChI=1S/C27H21Cl2N3O5S2/c1-17-6-11-25-24(12-17)23-4-2-3-5-26(23)39(36,37)32(25)16-27(33)30-20-7-9-22(10-8-20)38(34,35)31-21-14-18(28)13-19(29)15-21/h2-15,31H,16H2,1H3,(H,30,33). The van der Waals surface area contributed by atoms with Crippen LogP contribution in [0.3, 0.4) is 0 Å². The number of carbonyl (C=O) groups is 1. The van der Waals surface area contributed by atoms with Crippen LogP contribution < -0.4 is 14.3 Å². The molecule has 0 saturated carbocycles. The molecule has 4 aromatic rings. The van der Waals surface area contributed by atoms with Crippen LogP contribution in [0.15, 0.2) is 94.7 Å². The number of nitrogens with one attached hydrogen (secondary N) is 2. The predicted octanol–water partition coefficient (Wildman–Crippen LogP) is 5.92. The summed E-state index contributed by atoms with van der Waals surface area (Å²) >= 11 is 11.9. The van der Waals surface area contributed by atoms with Crippen molar-refractivity contribution >= 4 is 66.2 Å². The molecular weight excluding hydrogens is 581 g/mol. The number of nitrogens with zero attached hydrogens (tertiary/aromatic N) is 1. The smallest absolute Gasteiger partial charge is 0.265 e. The Hall–Kier alpha value is -3.57. The molecule has 200 valence electrons. The van der Waals surface area contributed by atoms with Crippen LogP contribution in [0.4, 0.5) is 17.1 Å². The van der Waals surface area contributed by atoms with Crippen LogP contribution in [0.1, 0.15) is 5.56 Å². The summed E-state index contributed by atoms with van der Waals surface area (Å²) < 4.78 is 55.9. The molecule has 0 aromatic heterocycles. The Morgan fingerprint density at radius 1 is 0.846 bits per heavy atom. The molecule has 0 fully saturated rings. The number of anilines is 3. The summed E-state index contributed by atoms with van der Waals surface area (Å²) in [5, 5.41) is 3.19. The second-order valence-corrected chi connectivity index (χ2v) is 13.3. The van der Waals surface area contributed by atoms with Crippen molar-refractivity contribution in [2.45, 2.75) is 16.7 Å². The first-order valence-corrected chi connectivity index (χ1v) is 15.2. The number of carbonyl (C=O) groups excluding carboxylic acids is 1. The first-order chi connectivity index (χ1) is 18.4. The van der Waals surface area contributed by atoms with E-state index in [9.17, 15) is 21.6 Å². The lowest BCUT2D eigenvalue weighted by atomic mass is 10.0. The molecule has 2 N–H and O–H groups in total. The summed E-state index contributed by atoms with van der Waals surface area (Å²) in [5.74, 6) is -0.591. The predicted molar refractivity (Wildman–Crippen MR) is 153 cm³/mol. The zero-order chi connectivity index (χ0) is 27.9. The Morgan fingerprint density at radius 2 is 1.51 bits per heavy atom. The van der Waals surface area contributed by atoms with E-state index in [1.165, 1.54) is 48.5 Å². The Morgan fingerprint density at radius 3 is 2.21 bits per heavy atom. The first-order valence-electron chi connectivity index (χ1n) is 11.6. The Labute approximate surface area is 236 Å². The van der Waals surface area contributed by atoms with Crippen LogP contribution >= 0.6 is 23.2 Å². The maximum atomic E-state index is 13.4. The lowest BCUT2D eigenvalue weighted by Crippen LogP contribution is -2.40. The molecule has 39 heavy (non-hydrogen) atoms. The monoisotopic (exact) mass is 601 g/mol. The number of amides is 1. The van der Waals surface area contributed by atoms with E-state index in [2.05, 4.69) is 10.0 Å². The molecule has 0 spiro atoms. The van der Waals surface area contributed by atoms with Gasteiger partial charge in [-0.15, -0.1) is 0 Å². The SMILES string of the molecule is Cc1ccc2c(c1)-c1ccccc1S(=O)(=O)N2CC(=O)Nc1ccc(S(=O)(=O)Nc2cc(Cl)cc(Cl)c2)cc1. The van der Waals surface area contributed by atoms with Crippen molar-refractivity contribution in [3.8, 4) is 11.1 Å². The minimum atomic E-state index is -3.99. The largest absolute Gasteiger partial charge is 0.325 e. The van der Waals surface area contributed by atoms with Crippen molar-refractivity contribution in [3.05, 3.63) is 101 Å². The first kappa shape index (κ1) is 27.0. The van der Waals surface area contributed by atoms with Crippen LogP contribution in [0.25, 0.3) is 11.1 Å². The zero-order valence-electron chi connectivity index (χ0n) is 20.4. The molecule has 0 atom stereocenters. The van der Waals surface area contributed by atoms with Crippen molar-refractivity contribution in [3.63, 3.8) is 0 Å². The van der Waals surface area contributed by atoms with E-state index in [4.69, 9.17) is 23.2 Å². The molecule has 0 aliphatic carbocycles. The summed E-state index contributed by atoms with van der Waals surface area (Å²) in [7, 11) is -7.96. The number of halogens is 2. The zero-order valence-corrected chi connectivity index (χ0v) is 23.5. The second kappa shape index (κ2) is 10.2. The van der Waals surface area contributed by atoms with Crippen molar-refractivity contribution < 1.29 is 21.6 Å². The molecule has 0 saturated heterocycles. The topological polar surface area (TPSA) is 113 Å². The third-order valence-corrected chi connectivity index (χ3v) is 9.67. The Bertz CT molecular complexity index is 1810. The molecule has 0 unspecified atom stereocenters. The van der Waals surface area contributed by atoms with Crippen LogP contribution in [0.5, 0.6) is 0 Å². The summed E-state index contributed by atoms with van der Waals surface area (Å²) in [5.41, 5.74) is 3.15. The highest BCUT2D eigenvalue weighted by Crippen LogP contribution is 2.43. The van der Waals surface area contributed by atoms with Gasteiger partial charge in [0.05, 0.1) is 21.2 Å². The van der Waals surface area contributed by atoms with Gasteiger partial charge in [0, 0.05) is 26.9 Å². The van der Waals surface area contributed by atoms with Crippen molar-refractivity contribution in [1.82, 2.24) is 0 Å². The van der Waals surface area contributed by atoms with Crippen molar-refractivity contribution in [1.29, 1.82) is 0 Å². The van der Waals surface area contributed by atoms with Crippen LogP contribution in [-0.4, -0.2) is 29.3 Å². The molecular formula is C27H21Cl2N3O5S2. The van der Waals surface area contributed by atoms with Gasteiger partial charge in [0.2, 0.25) is 5.91 Å². The van der Waals surface area contributed by atoms with Crippen LogP contribution in [0.2, 0.25) is 10.0 Å². The summed E-state index contributed by atoms with van der Waals surface area (Å²) in [6.45, 7) is 1.44. The van der Waals surface area contributed by atoms with Gasteiger partial charge in [-0.25, -0.2) is 16.8 Å².